The molecule has 0 atom stereocenters. The van der Waals surface area contributed by atoms with Gasteiger partial charge in [0.2, 0.25) is 0 Å². The number of aryl methyl sites for hydroxylation is 1. The lowest BCUT2D eigenvalue weighted by Crippen LogP contribution is -2.13. The Bertz CT molecular complexity index is 602. The van der Waals surface area contributed by atoms with Gasteiger partial charge in [0.1, 0.15) is 5.75 Å². The first-order valence-electron chi connectivity index (χ1n) is 6.53. The van der Waals surface area contributed by atoms with Gasteiger partial charge >= 0.3 is 0 Å². The smallest absolute Gasteiger partial charge is 0.163 e. The molecule has 0 spiro atoms. The van der Waals surface area contributed by atoms with Gasteiger partial charge in [-0.3, -0.25) is 0 Å². The van der Waals surface area contributed by atoms with Crippen molar-refractivity contribution in [2.24, 2.45) is 0 Å². The van der Waals surface area contributed by atoms with Gasteiger partial charge < -0.3 is 10.1 Å². The Kier molecular flexibility index (Phi) is 4.93. The van der Waals surface area contributed by atoms with Crippen LogP contribution >= 0.6 is 11.6 Å². The second kappa shape index (κ2) is 6.68. The molecule has 5 heteroatoms. The highest BCUT2D eigenvalue weighted by Crippen LogP contribution is 2.30. The molecule has 1 heterocycles. The quantitative estimate of drug-likeness (QED) is 0.919. The van der Waals surface area contributed by atoms with E-state index in [0.29, 0.717) is 16.6 Å². The van der Waals surface area contributed by atoms with Crippen LogP contribution in [0.5, 0.6) is 5.75 Å². The van der Waals surface area contributed by atoms with E-state index in [-0.39, 0.29) is 0 Å². The third-order valence-electron chi connectivity index (χ3n) is 2.87. The molecule has 0 radical (unpaired) electrons. The van der Waals surface area contributed by atoms with Crippen LogP contribution in [0.25, 0.3) is 11.4 Å². The molecule has 2 rings (SSSR count). The summed E-state index contributed by atoms with van der Waals surface area (Å²) in [7, 11) is 1.62. The Labute approximate surface area is 124 Å². The molecule has 0 aliphatic heterocycles. The Morgan fingerprint density at radius 3 is 2.75 bits per heavy atom. The van der Waals surface area contributed by atoms with Crippen molar-refractivity contribution in [3.8, 4) is 17.1 Å². The number of hydrogen-bond donors (Lipinski definition) is 1. The summed E-state index contributed by atoms with van der Waals surface area (Å²) in [6, 6.07) is 7.45. The van der Waals surface area contributed by atoms with E-state index in [1.54, 1.807) is 13.2 Å². The van der Waals surface area contributed by atoms with E-state index in [4.69, 9.17) is 16.3 Å². The average Bonchev–Trinajstić information content (AvgIpc) is 2.44. The predicted molar refractivity (Wildman–Crippen MR) is 81.1 cm³/mol. The van der Waals surface area contributed by atoms with Crippen molar-refractivity contribution < 1.29 is 4.74 Å². The number of benzene rings is 1. The van der Waals surface area contributed by atoms with Crippen molar-refractivity contribution >= 4 is 11.6 Å². The summed E-state index contributed by atoms with van der Waals surface area (Å²) in [5.74, 6) is 1.34. The molecule has 0 bridgehead atoms. The zero-order valence-electron chi connectivity index (χ0n) is 11.9. The Morgan fingerprint density at radius 1 is 1.25 bits per heavy atom. The van der Waals surface area contributed by atoms with E-state index in [1.807, 2.05) is 25.1 Å². The van der Waals surface area contributed by atoms with Crippen LogP contribution in [0.4, 0.5) is 0 Å². The fraction of sp³-hybridized carbons (Fsp3) is 0.333. The summed E-state index contributed by atoms with van der Waals surface area (Å²) in [6.07, 6.45) is 0. The lowest BCUT2D eigenvalue weighted by molar-refractivity contribution is 0.416. The molecular weight excluding hydrogens is 274 g/mol. The number of hydrogen-bond acceptors (Lipinski definition) is 4. The van der Waals surface area contributed by atoms with E-state index >= 15 is 0 Å². The summed E-state index contributed by atoms with van der Waals surface area (Å²) >= 11 is 5.98. The fourth-order valence-corrected chi connectivity index (χ4v) is 2.11. The first-order chi connectivity index (χ1) is 9.63. The van der Waals surface area contributed by atoms with Gasteiger partial charge in [0.25, 0.3) is 0 Å². The van der Waals surface area contributed by atoms with Crippen molar-refractivity contribution in [2.45, 2.75) is 20.4 Å². The zero-order valence-corrected chi connectivity index (χ0v) is 12.7. The highest BCUT2D eigenvalue weighted by atomic mass is 35.5. The van der Waals surface area contributed by atoms with Crippen molar-refractivity contribution in [1.29, 1.82) is 0 Å². The van der Waals surface area contributed by atoms with Gasteiger partial charge in [-0.15, -0.1) is 0 Å². The third kappa shape index (κ3) is 3.46. The van der Waals surface area contributed by atoms with E-state index in [2.05, 4.69) is 22.2 Å². The topological polar surface area (TPSA) is 47.0 Å². The lowest BCUT2D eigenvalue weighted by atomic mass is 10.1. The molecule has 0 fully saturated rings. The molecule has 0 amide bonds. The molecule has 0 saturated heterocycles. The molecule has 20 heavy (non-hydrogen) atoms. The van der Waals surface area contributed by atoms with Crippen LogP contribution in [0.1, 0.15) is 18.3 Å². The van der Waals surface area contributed by atoms with Crippen molar-refractivity contribution in [2.75, 3.05) is 13.7 Å². The van der Waals surface area contributed by atoms with E-state index in [1.165, 1.54) is 0 Å². The zero-order chi connectivity index (χ0) is 14.5. The largest absolute Gasteiger partial charge is 0.496 e. The SMILES string of the molecule is CCNCc1cc(C)nc(-c2ccc(Cl)cc2OC)n1. The molecule has 1 aromatic carbocycles. The number of aromatic nitrogens is 2. The molecule has 4 nitrogen and oxygen atoms in total. The number of ether oxygens (including phenoxy) is 1. The van der Waals surface area contributed by atoms with Crippen molar-refractivity contribution in [1.82, 2.24) is 15.3 Å². The molecule has 106 valence electrons. The van der Waals surface area contributed by atoms with Gasteiger partial charge in [-0.05, 0) is 37.7 Å². The number of methoxy groups -OCH3 is 1. The molecule has 0 saturated carbocycles. The highest BCUT2D eigenvalue weighted by molar-refractivity contribution is 6.30. The monoisotopic (exact) mass is 291 g/mol. The fourth-order valence-electron chi connectivity index (χ4n) is 1.95. The van der Waals surface area contributed by atoms with Crippen LogP contribution in [0, 0.1) is 6.92 Å². The Balaban J connectivity index is 2.44. The molecular formula is C15H18ClN3O. The molecule has 1 aromatic heterocycles. The van der Waals surface area contributed by atoms with Crippen LogP contribution in [0.3, 0.4) is 0 Å². The molecule has 0 aliphatic carbocycles. The number of halogens is 1. The summed E-state index contributed by atoms with van der Waals surface area (Å²) < 4.78 is 5.36. The predicted octanol–water partition coefficient (Wildman–Crippen LogP) is 3.22. The van der Waals surface area contributed by atoms with Gasteiger partial charge in [0, 0.05) is 17.3 Å². The molecule has 0 aliphatic rings. The van der Waals surface area contributed by atoms with Crippen molar-refractivity contribution in [3.05, 3.63) is 40.7 Å². The van der Waals surface area contributed by atoms with Gasteiger partial charge in [-0.25, -0.2) is 9.97 Å². The molecule has 1 N–H and O–H groups in total. The number of rotatable bonds is 5. The van der Waals surface area contributed by atoms with Crippen molar-refractivity contribution in [3.63, 3.8) is 0 Å². The van der Waals surface area contributed by atoms with E-state index in [0.717, 1.165) is 30.0 Å². The van der Waals surface area contributed by atoms with Crippen LogP contribution in [0.15, 0.2) is 24.3 Å². The average molecular weight is 292 g/mol. The number of nitrogens with one attached hydrogen (secondary N) is 1. The lowest BCUT2D eigenvalue weighted by Gasteiger charge is -2.10. The van der Waals surface area contributed by atoms with Crippen LogP contribution < -0.4 is 10.1 Å². The standard InChI is InChI=1S/C15H18ClN3O/c1-4-17-9-12-7-10(2)18-15(19-12)13-6-5-11(16)8-14(13)20-3/h5-8,17H,4,9H2,1-3H3. The molecule has 2 aromatic rings. The van der Waals surface area contributed by atoms with Crippen LogP contribution in [-0.4, -0.2) is 23.6 Å². The second-order valence-corrected chi connectivity index (χ2v) is 4.89. The first kappa shape index (κ1) is 14.8. The van der Waals surface area contributed by atoms with Gasteiger partial charge in [0.05, 0.1) is 18.4 Å². The normalized spacial score (nSPS) is 10.6. The van der Waals surface area contributed by atoms with E-state index < -0.39 is 0 Å². The maximum Gasteiger partial charge on any atom is 0.163 e. The Morgan fingerprint density at radius 2 is 2.05 bits per heavy atom. The van der Waals surface area contributed by atoms with Crippen LogP contribution in [-0.2, 0) is 6.54 Å². The summed E-state index contributed by atoms with van der Waals surface area (Å²) in [5.41, 5.74) is 2.74. The molecule has 0 unspecified atom stereocenters. The highest BCUT2D eigenvalue weighted by Gasteiger charge is 2.11. The maximum atomic E-state index is 5.98. The summed E-state index contributed by atoms with van der Waals surface area (Å²) in [5, 5.41) is 3.90. The van der Waals surface area contributed by atoms with Gasteiger partial charge in [-0.2, -0.15) is 0 Å². The third-order valence-corrected chi connectivity index (χ3v) is 3.10. The van der Waals surface area contributed by atoms with Crippen LogP contribution in [0.2, 0.25) is 5.02 Å². The minimum Gasteiger partial charge on any atom is -0.496 e. The summed E-state index contributed by atoms with van der Waals surface area (Å²) in [6.45, 7) is 5.66. The maximum absolute atomic E-state index is 5.98. The van der Waals surface area contributed by atoms with Gasteiger partial charge in [0.15, 0.2) is 5.82 Å². The number of nitrogens with zero attached hydrogens (tertiary/aromatic N) is 2. The minimum absolute atomic E-state index is 0.631. The summed E-state index contributed by atoms with van der Waals surface area (Å²) in [4.78, 5) is 9.07. The Hall–Kier alpha value is -1.65. The van der Waals surface area contributed by atoms with E-state index in [9.17, 15) is 0 Å². The second-order valence-electron chi connectivity index (χ2n) is 4.45. The van der Waals surface area contributed by atoms with Gasteiger partial charge in [-0.1, -0.05) is 18.5 Å². The first-order valence-corrected chi connectivity index (χ1v) is 6.91. The minimum atomic E-state index is 0.631.